The number of methoxy groups -OCH3 is 1. The van der Waals surface area contributed by atoms with Gasteiger partial charge in [-0.25, -0.2) is 0 Å². The lowest BCUT2D eigenvalue weighted by Crippen LogP contribution is -2.25. The molecule has 0 saturated heterocycles. The lowest BCUT2D eigenvalue weighted by Gasteiger charge is -2.08. The van der Waals surface area contributed by atoms with Crippen molar-refractivity contribution in [2.75, 3.05) is 32.6 Å². The third-order valence-electron chi connectivity index (χ3n) is 3.56. The highest BCUT2D eigenvalue weighted by Crippen LogP contribution is 2.12. The van der Waals surface area contributed by atoms with Gasteiger partial charge >= 0.3 is 0 Å². The molecule has 0 unspecified atom stereocenters. The molecule has 0 bridgehead atoms. The molecule has 0 saturated carbocycles. The van der Waals surface area contributed by atoms with Crippen LogP contribution in [-0.2, 0) is 11.2 Å². The van der Waals surface area contributed by atoms with Crippen molar-refractivity contribution < 1.29 is 14.3 Å². The lowest BCUT2D eigenvalue weighted by atomic mass is 10.1. The van der Waals surface area contributed by atoms with Crippen LogP contribution in [0, 0.1) is 0 Å². The van der Waals surface area contributed by atoms with Gasteiger partial charge in [0, 0.05) is 37.9 Å². The molecule has 128 valence electrons. The normalized spacial score (nSPS) is 10.4. The predicted molar refractivity (Wildman–Crippen MR) is 95.3 cm³/mol. The summed E-state index contributed by atoms with van der Waals surface area (Å²) >= 11 is 0. The zero-order chi connectivity index (χ0) is 17.2. The Morgan fingerprint density at radius 1 is 1.04 bits per heavy atom. The summed E-state index contributed by atoms with van der Waals surface area (Å²) in [6.45, 7) is 1.85. The molecule has 0 aromatic heterocycles. The van der Waals surface area contributed by atoms with Crippen LogP contribution in [-0.4, -0.2) is 32.8 Å². The maximum atomic E-state index is 12.1. The Hall–Kier alpha value is -2.53. The van der Waals surface area contributed by atoms with E-state index in [-0.39, 0.29) is 5.91 Å². The minimum absolute atomic E-state index is 0.0867. The zero-order valence-corrected chi connectivity index (χ0v) is 14.0. The van der Waals surface area contributed by atoms with Crippen molar-refractivity contribution in [2.24, 2.45) is 0 Å². The van der Waals surface area contributed by atoms with E-state index >= 15 is 0 Å². The van der Waals surface area contributed by atoms with Crippen LogP contribution < -0.4 is 15.8 Å². The summed E-state index contributed by atoms with van der Waals surface area (Å²) in [5.74, 6) is 0.668. The average Bonchev–Trinajstić information content (AvgIpc) is 2.61. The largest absolute Gasteiger partial charge is 0.494 e. The molecule has 24 heavy (non-hydrogen) atoms. The quantitative estimate of drug-likeness (QED) is 0.548. The zero-order valence-electron chi connectivity index (χ0n) is 14.0. The van der Waals surface area contributed by atoms with Gasteiger partial charge in [-0.15, -0.1) is 0 Å². The van der Waals surface area contributed by atoms with E-state index in [1.807, 2.05) is 36.4 Å². The summed E-state index contributed by atoms with van der Waals surface area (Å²) in [6, 6.07) is 14.8. The molecule has 0 fully saturated rings. The molecular formula is C19H24N2O3. The van der Waals surface area contributed by atoms with E-state index in [0.29, 0.717) is 25.3 Å². The first-order valence-electron chi connectivity index (χ1n) is 8.03. The van der Waals surface area contributed by atoms with E-state index in [1.165, 1.54) is 0 Å². The Morgan fingerprint density at radius 3 is 2.42 bits per heavy atom. The molecule has 0 aliphatic heterocycles. The van der Waals surface area contributed by atoms with Crippen molar-refractivity contribution in [3.63, 3.8) is 0 Å². The van der Waals surface area contributed by atoms with Gasteiger partial charge < -0.3 is 20.5 Å². The van der Waals surface area contributed by atoms with Crippen molar-refractivity contribution in [1.82, 2.24) is 5.32 Å². The van der Waals surface area contributed by atoms with Gasteiger partial charge in [-0.1, -0.05) is 12.1 Å². The molecule has 0 atom stereocenters. The fourth-order valence-corrected chi connectivity index (χ4v) is 2.20. The maximum Gasteiger partial charge on any atom is 0.251 e. The smallest absolute Gasteiger partial charge is 0.251 e. The number of anilines is 1. The predicted octanol–water partition coefficient (Wildman–Crippen LogP) is 2.66. The van der Waals surface area contributed by atoms with E-state index in [4.69, 9.17) is 15.2 Å². The van der Waals surface area contributed by atoms with Gasteiger partial charge in [0.1, 0.15) is 5.75 Å². The average molecular weight is 328 g/mol. The third kappa shape index (κ3) is 5.93. The van der Waals surface area contributed by atoms with Crippen molar-refractivity contribution in [1.29, 1.82) is 0 Å². The van der Waals surface area contributed by atoms with Crippen LogP contribution in [0.2, 0.25) is 0 Å². The second-order valence-electron chi connectivity index (χ2n) is 5.47. The first-order valence-corrected chi connectivity index (χ1v) is 8.03. The number of amides is 1. The van der Waals surface area contributed by atoms with Gasteiger partial charge in [0.2, 0.25) is 0 Å². The summed E-state index contributed by atoms with van der Waals surface area (Å²) in [5, 5.41) is 2.91. The molecule has 2 aromatic rings. The Bertz CT molecular complexity index is 624. The van der Waals surface area contributed by atoms with Crippen LogP contribution in [0.3, 0.4) is 0 Å². The highest BCUT2D eigenvalue weighted by Gasteiger charge is 2.05. The topological polar surface area (TPSA) is 73.6 Å². The first kappa shape index (κ1) is 17.8. The fraction of sp³-hybridized carbons (Fsp3) is 0.316. The number of benzene rings is 2. The third-order valence-corrected chi connectivity index (χ3v) is 3.56. The fourth-order valence-electron chi connectivity index (χ4n) is 2.20. The van der Waals surface area contributed by atoms with Crippen LogP contribution >= 0.6 is 0 Å². The van der Waals surface area contributed by atoms with Crippen LogP contribution in [0.4, 0.5) is 5.69 Å². The number of hydrogen-bond acceptors (Lipinski definition) is 4. The second kappa shape index (κ2) is 9.57. The number of rotatable bonds is 9. The molecule has 5 nitrogen and oxygen atoms in total. The van der Waals surface area contributed by atoms with Crippen molar-refractivity contribution >= 4 is 11.6 Å². The number of nitrogen functional groups attached to an aromatic ring is 1. The van der Waals surface area contributed by atoms with Crippen LogP contribution in [0.15, 0.2) is 48.5 Å². The maximum absolute atomic E-state index is 12.1. The molecule has 0 spiro atoms. The Balaban J connectivity index is 1.74. The summed E-state index contributed by atoms with van der Waals surface area (Å²) < 4.78 is 10.5. The lowest BCUT2D eigenvalue weighted by molar-refractivity contribution is 0.0954. The molecule has 0 radical (unpaired) electrons. The SMILES string of the molecule is COCCCOc1ccc(C(=O)NCCc2ccc(N)cc2)cc1. The number of carbonyl (C=O) groups excluding carboxylic acids is 1. The molecular weight excluding hydrogens is 304 g/mol. The molecule has 2 aromatic carbocycles. The summed E-state index contributed by atoms with van der Waals surface area (Å²) in [6.07, 6.45) is 1.61. The van der Waals surface area contributed by atoms with E-state index in [1.54, 1.807) is 19.2 Å². The van der Waals surface area contributed by atoms with Gasteiger partial charge in [0.25, 0.3) is 5.91 Å². The van der Waals surface area contributed by atoms with Gasteiger partial charge in [0.15, 0.2) is 0 Å². The number of nitrogens with two attached hydrogens (primary N) is 1. The van der Waals surface area contributed by atoms with E-state index < -0.39 is 0 Å². The molecule has 0 heterocycles. The second-order valence-corrected chi connectivity index (χ2v) is 5.47. The number of nitrogens with one attached hydrogen (secondary N) is 1. The Morgan fingerprint density at radius 2 is 1.75 bits per heavy atom. The number of hydrogen-bond donors (Lipinski definition) is 2. The van der Waals surface area contributed by atoms with E-state index in [0.717, 1.165) is 29.8 Å². The Labute approximate surface area is 142 Å². The van der Waals surface area contributed by atoms with Crippen molar-refractivity contribution in [2.45, 2.75) is 12.8 Å². The molecule has 0 aliphatic carbocycles. The minimum Gasteiger partial charge on any atom is -0.494 e. The standard InChI is InChI=1S/C19H24N2O3/c1-23-13-2-14-24-18-9-5-16(6-10-18)19(22)21-12-11-15-3-7-17(20)8-4-15/h3-10H,2,11-14,20H2,1H3,(H,21,22). The molecule has 1 amide bonds. The highest BCUT2D eigenvalue weighted by atomic mass is 16.5. The number of ether oxygens (including phenoxy) is 2. The van der Waals surface area contributed by atoms with Crippen LogP contribution in [0.25, 0.3) is 0 Å². The summed E-state index contributed by atoms with van der Waals surface area (Å²) in [7, 11) is 1.67. The summed E-state index contributed by atoms with van der Waals surface area (Å²) in [4.78, 5) is 12.1. The van der Waals surface area contributed by atoms with Gasteiger partial charge in [-0.2, -0.15) is 0 Å². The minimum atomic E-state index is -0.0867. The van der Waals surface area contributed by atoms with Crippen molar-refractivity contribution in [3.8, 4) is 5.75 Å². The first-order chi connectivity index (χ1) is 11.7. The molecule has 5 heteroatoms. The summed E-state index contributed by atoms with van der Waals surface area (Å²) in [5.41, 5.74) is 8.16. The van der Waals surface area contributed by atoms with Crippen LogP contribution in [0.1, 0.15) is 22.3 Å². The van der Waals surface area contributed by atoms with Crippen molar-refractivity contribution in [3.05, 3.63) is 59.7 Å². The van der Waals surface area contributed by atoms with Gasteiger partial charge in [-0.05, 0) is 48.4 Å². The van der Waals surface area contributed by atoms with E-state index in [2.05, 4.69) is 5.32 Å². The Kier molecular flexibility index (Phi) is 7.11. The highest BCUT2D eigenvalue weighted by molar-refractivity contribution is 5.94. The monoisotopic (exact) mass is 328 g/mol. The molecule has 3 N–H and O–H groups in total. The van der Waals surface area contributed by atoms with Gasteiger partial charge in [-0.3, -0.25) is 4.79 Å². The number of carbonyl (C=O) groups is 1. The van der Waals surface area contributed by atoms with Gasteiger partial charge in [0.05, 0.1) is 6.61 Å². The van der Waals surface area contributed by atoms with E-state index in [9.17, 15) is 4.79 Å². The molecule has 2 rings (SSSR count). The molecule has 0 aliphatic rings. The van der Waals surface area contributed by atoms with Crippen LogP contribution in [0.5, 0.6) is 5.75 Å².